The number of amides is 1. The Morgan fingerprint density at radius 1 is 1.32 bits per heavy atom. The molecule has 3 nitrogen and oxygen atoms in total. The van der Waals surface area contributed by atoms with Gasteiger partial charge in [-0.05, 0) is 12.1 Å². The number of halogens is 6. The number of benzene rings is 1. The van der Waals surface area contributed by atoms with E-state index < -0.39 is 24.7 Å². The minimum absolute atomic E-state index is 0. The molecule has 1 aromatic carbocycles. The van der Waals surface area contributed by atoms with Gasteiger partial charge in [-0.2, -0.15) is 0 Å². The highest BCUT2D eigenvalue weighted by Gasteiger charge is 2.47. The Balaban J connectivity index is 0.00000180. The molecule has 9 heteroatoms. The third-order valence-electron chi connectivity index (χ3n) is 2.41. The third-order valence-corrected chi connectivity index (χ3v) is 3.45. The van der Waals surface area contributed by atoms with Crippen molar-refractivity contribution in [3.63, 3.8) is 0 Å². The largest absolute Gasteiger partial charge is 0.443 e. The summed E-state index contributed by atoms with van der Waals surface area (Å²) in [6.45, 7) is -1.02. The van der Waals surface area contributed by atoms with Crippen LogP contribution in [0.4, 0.5) is 13.6 Å². The van der Waals surface area contributed by atoms with Crippen molar-refractivity contribution in [1.29, 1.82) is 0 Å². The standard InChI is InChI=1S/C10H6Cl3F2NO2.ClH/c11-4-1-5(7(13)6(12)2-4)8-10(14,15)3-18-9(17)16-8;/h1-2,8H,3H2,(H,16,17);1H/t8-;/m1./s1. The number of carbonyl (C=O) groups excluding carboxylic acids is 1. The molecule has 1 amide bonds. The molecule has 0 radical (unpaired) electrons. The van der Waals surface area contributed by atoms with E-state index in [1.165, 1.54) is 12.1 Å². The highest BCUT2D eigenvalue weighted by atomic mass is 35.5. The van der Waals surface area contributed by atoms with Gasteiger partial charge in [-0.25, -0.2) is 13.6 Å². The first-order valence-corrected chi connectivity index (χ1v) is 5.90. The van der Waals surface area contributed by atoms with E-state index in [1.807, 2.05) is 5.32 Å². The van der Waals surface area contributed by atoms with Gasteiger partial charge in [0.1, 0.15) is 6.04 Å². The number of alkyl carbamates (subject to hydrolysis) is 1. The van der Waals surface area contributed by atoms with E-state index in [0.717, 1.165) is 0 Å². The van der Waals surface area contributed by atoms with Gasteiger partial charge in [0, 0.05) is 10.6 Å². The summed E-state index contributed by atoms with van der Waals surface area (Å²) < 4.78 is 31.6. The average Bonchev–Trinajstić information content (AvgIpc) is 2.27. The zero-order valence-electron chi connectivity index (χ0n) is 9.05. The van der Waals surface area contributed by atoms with Gasteiger partial charge in [0.15, 0.2) is 6.61 Å². The second-order valence-corrected chi connectivity index (χ2v) is 4.93. The van der Waals surface area contributed by atoms with E-state index in [-0.39, 0.29) is 33.0 Å². The fourth-order valence-corrected chi connectivity index (χ4v) is 2.33. The molecular formula is C10H7Cl4F2NO2. The molecule has 1 aliphatic rings. The molecule has 0 spiro atoms. The first-order chi connectivity index (χ1) is 8.31. The van der Waals surface area contributed by atoms with Gasteiger partial charge in [0.05, 0.1) is 10.0 Å². The number of carbonyl (C=O) groups is 1. The summed E-state index contributed by atoms with van der Waals surface area (Å²) >= 11 is 17.4. The number of ether oxygens (including phenoxy) is 1. The van der Waals surface area contributed by atoms with Crippen LogP contribution in [-0.2, 0) is 4.74 Å². The Morgan fingerprint density at radius 2 is 1.95 bits per heavy atom. The number of alkyl halides is 2. The van der Waals surface area contributed by atoms with Gasteiger partial charge >= 0.3 is 12.0 Å². The first-order valence-electron chi connectivity index (χ1n) is 4.77. The summed E-state index contributed by atoms with van der Waals surface area (Å²) in [5.74, 6) is -3.30. The maximum absolute atomic E-state index is 13.7. The first kappa shape index (κ1) is 16.6. The van der Waals surface area contributed by atoms with Crippen LogP contribution >= 0.6 is 47.2 Å². The zero-order valence-corrected chi connectivity index (χ0v) is 12.1. The predicted molar refractivity (Wildman–Crippen MR) is 70.9 cm³/mol. The quantitative estimate of drug-likeness (QED) is 0.756. The summed E-state index contributed by atoms with van der Waals surface area (Å²) in [4.78, 5) is 11.0. The number of hydrogen-bond acceptors (Lipinski definition) is 2. The molecule has 1 heterocycles. The molecule has 0 unspecified atom stereocenters. The van der Waals surface area contributed by atoms with Crippen LogP contribution in [0.1, 0.15) is 11.6 Å². The molecule has 0 bridgehead atoms. The van der Waals surface area contributed by atoms with Crippen molar-refractivity contribution in [3.8, 4) is 0 Å². The average molecular weight is 353 g/mol. The van der Waals surface area contributed by atoms with Crippen LogP contribution in [0.2, 0.25) is 15.1 Å². The molecule has 1 N–H and O–H groups in total. The fourth-order valence-electron chi connectivity index (χ4n) is 1.60. The number of hydrogen-bond donors (Lipinski definition) is 1. The van der Waals surface area contributed by atoms with E-state index in [0.29, 0.717) is 0 Å². The number of rotatable bonds is 1. The van der Waals surface area contributed by atoms with Crippen LogP contribution in [0.3, 0.4) is 0 Å². The Labute approximate surface area is 128 Å². The Bertz CT molecular complexity index is 513. The summed E-state index contributed by atoms with van der Waals surface area (Å²) in [6, 6.07) is 0.941. The minimum atomic E-state index is -3.30. The molecule has 106 valence electrons. The Hall–Kier alpha value is -0.490. The molecule has 0 aromatic heterocycles. The topological polar surface area (TPSA) is 38.3 Å². The minimum Gasteiger partial charge on any atom is -0.443 e. The van der Waals surface area contributed by atoms with Crippen molar-refractivity contribution in [2.75, 3.05) is 6.61 Å². The van der Waals surface area contributed by atoms with Gasteiger partial charge in [-0.1, -0.05) is 34.8 Å². The molecule has 1 fully saturated rings. The molecule has 0 saturated carbocycles. The summed E-state index contributed by atoms with van der Waals surface area (Å²) in [5, 5.41) is 2.12. The van der Waals surface area contributed by atoms with Crippen LogP contribution in [0.15, 0.2) is 12.1 Å². The highest BCUT2D eigenvalue weighted by Crippen LogP contribution is 2.41. The van der Waals surface area contributed by atoms with E-state index in [1.54, 1.807) is 0 Å². The van der Waals surface area contributed by atoms with Crippen LogP contribution < -0.4 is 5.32 Å². The van der Waals surface area contributed by atoms with Gasteiger partial charge < -0.3 is 10.1 Å². The lowest BCUT2D eigenvalue weighted by molar-refractivity contribution is -0.104. The molecular weight excluding hydrogens is 346 g/mol. The predicted octanol–water partition coefficient (Wildman–Crippen LogP) is 4.48. The highest BCUT2D eigenvalue weighted by molar-refractivity contribution is 6.43. The molecule has 1 aliphatic heterocycles. The molecule has 2 rings (SSSR count). The van der Waals surface area contributed by atoms with Crippen molar-refractivity contribution in [3.05, 3.63) is 32.8 Å². The number of nitrogens with one attached hydrogen (secondary N) is 1. The molecule has 1 aromatic rings. The molecule has 1 saturated heterocycles. The van der Waals surface area contributed by atoms with E-state index >= 15 is 0 Å². The monoisotopic (exact) mass is 351 g/mol. The Kier molecular flexibility index (Phi) is 5.12. The van der Waals surface area contributed by atoms with Crippen LogP contribution in [0.5, 0.6) is 0 Å². The van der Waals surface area contributed by atoms with Crippen molar-refractivity contribution >= 4 is 53.3 Å². The summed E-state index contributed by atoms with van der Waals surface area (Å²) in [5.41, 5.74) is -0.0455. The van der Waals surface area contributed by atoms with Crippen molar-refractivity contribution in [2.24, 2.45) is 0 Å². The lowest BCUT2D eigenvalue weighted by Crippen LogP contribution is -2.49. The maximum Gasteiger partial charge on any atom is 0.408 e. The third kappa shape index (κ3) is 3.34. The van der Waals surface area contributed by atoms with Gasteiger partial charge in [-0.3, -0.25) is 0 Å². The van der Waals surface area contributed by atoms with Crippen molar-refractivity contribution in [1.82, 2.24) is 5.32 Å². The SMILES string of the molecule is Cl.O=C1N[C@H](c2cc(Cl)cc(Cl)c2Cl)C(F)(F)CO1. The smallest absolute Gasteiger partial charge is 0.408 e. The van der Waals surface area contributed by atoms with Crippen molar-refractivity contribution in [2.45, 2.75) is 12.0 Å². The normalized spacial score (nSPS) is 21.1. The molecule has 19 heavy (non-hydrogen) atoms. The van der Waals surface area contributed by atoms with E-state index in [4.69, 9.17) is 34.8 Å². The van der Waals surface area contributed by atoms with Gasteiger partial charge in [0.2, 0.25) is 0 Å². The molecule has 1 atom stereocenters. The Morgan fingerprint density at radius 3 is 2.58 bits per heavy atom. The zero-order chi connectivity index (χ0) is 13.5. The maximum atomic E-state index is 13.7. The van der Waals surface area contributed by atoms with Crippen LogP contribution in [0, 0.1) is 0 Å². The summed E-state index contributed by atoms with van der Waals surface area (Å²) in [7, 11) is 0. The van der Waals surface area contributed by atoms with Gasteiger partial charge in [-0.15, -0.1) is 12.4 Å². The molecule has 0 aliphatic carbocycles. The fraction of sp³-hybridized carbons (Fsp3) is 0.300. The lowest BCUT2D eigenvalue weighted by Gasteiger charge is -2.32. The van der Waals surface area contributed by atoms with Crippen molar-refractivity contribution < 1.29 is 18.3 Å². The van der Waals surface area contributed by atoms with Crippen LogP contribution in [0.25, 0.3) is 0 Å². The second-order valence-electron chi connectivity index (χ2n) is 3.71. The summed E-state index contributed by atoms with van der Waals surface area (Å²) in [6.07, 6.45) is -0.946. The second kappa shape index (κ2) is 5.87. The van der Waals surface area contributed by atoms with E-state index in [2.05, 4.69) is 4.74 Å². The lowest BCUT2D eigenvalue weighted by atomic mass is 10.00. The number of cyclic esters (lactones) is 1. The van der Waals surface area contributed by atoms with Crippen LogP contribution in [-0.4, -0.2) is 18.6 Å². The van der Waals surface area contributed by atoms with E-state index in [9.17, 15) is 13.6 Å². The van der Waals surface area contributed by atoms with Gasteiger partial charge in [0.25, 0.3) is 0 Å².